The third kappa shape index (κ3) is 1.15. The van der Waals surface area contributed by atoms with Crippen molar-refractivity contribution in [1.29, 1.82) is 0 Å². The summed E-state index contributed by atoms with van der Waals surface area (Å²) < 4.78 is 28.5. The van der Waals surface area contributed by atoms with Gasteiger partial charge < -0.3 is 4.98 Å². The van der Waals surface area contributed by atoms with Crippen LogP contribution in [-0.2, 0) is 6.37 Å². The molecule has 0 aromatic carbocycles. The summed E-state index contributed by atoms with van der Waals surface area (Å²) in [6, 6.07) is 0. The first-order valence-electron chi connectivity index (χ1n) is 4.52. The molecule has 0 fully saturated rings. The topological polar surface area (TPSA) is 65.7 Å². The highest BCUT2D eigenvalue weighted by Crippen LogP contribution is 1.82. The highest BCUT2D eigenvalue weighted by atomic mass is 16.2. The van der Waals surface area contributed by atoms with Crippen LogP contribution < -0.4 is 11.2 Å². The van der Waals surface area contributed by atoms with Crippen molar-refractivity contribution in [2.45, 2.75) is 13.3 Å². The third-order valence-electron chi connectivity index (χ3n) is 1.00. The molecular formula is C6H8N2O2. The zero-order chi connectivity index (χ0) is 11.1. The van der Waals surface area contributed by atoms with E-state index in [1.54, 1.807) is 0 Å². The molecule has 4 heteroatoms. The predicted octanol–water partition coefficient (Wildman–Crippen LogP) is -0.374. The van der Waals surface area contributed by atoms with Gasteiger partial charge in [-0.15, -0.1) is 0 Å². The second-order valence-corrected chi connectivity index (χ2v) is 1.62. The van der Waals surface area contributed by atoms with E-state index in [1.807, 2.05) is 0 Å². The molecule has 0 aliphatic carbocycles. The van der Waals surface area contributed by atoms with E-state index in [2.05, 4.69) is 0 Å². The van der Waals surface area contributed by atoms with Crippen molar-refractivity contribution in [3.8, 4) is 0 Å². The lowest BCUT2D eigenvalue weighted by atomic mass is 10.3. The lowest BCUT2D eigenvalue weighted by Crippen LogP contribution is -2.23. The number of nitrogens with one attached hydrogen (secondary N) is 2. The van der Waals surface area contributed by atoms with Crippen molar-refractivity contribution in [3.05, 3.63) is 32.6 Å². The molecule has 0 aliphatic rings. The second kappa shape index (κ2) is 2.51. The highest BCUT2D eigenvalue weighted by Gasteiger charge is 1.93. The fourth-order valence-electron chi connectivity index (χ4n) is 0.522. The van der Waals surface area contributed by atoms with Gasteiger partial charge in [0.05, 0.1) is 0 Å². The van der Waals surface area contributed by atoms with Crippen molar-refractivity contribution >= 4 is 0 Å². The molecular weight excluding hydrogens is 132 g/mol. The quantitative estimate of drug-likeness (QED) is 0.564. The average molecular weight is 144 g/mol. The molecule has 1 heterocycles. The SMILES string of the molecule is [2H]n1cc(C([2H])([2H])C)c(=O)n([2H])c1=O. The van der Waals surface area contributed by atoms with Crippen LogP contribution in [0.25, 0.3) is 0 Å². The summed E-state index contributed by atoms with van der Waals surface area (Å²) in [7, 11) is 0. The number of hydrogen-bond donors (Lipinski definition) is 2. The molecule has 0 amide bonds. The van der Waals surface area contributed by atoms with E-state index in [0.717, 1.165) is 13.1 Å². The minimum absolute atomic E-state index is 0.0380. The van der Waals surface area contributed by atoms with E-state index in [4.69, 9.17) is 5.57 Å². The molecule has 2 N–H and O–H groups in total. The lowest BCUT2D eigenvalue weighted by Gasteiger charge is -1.89. The Morgan fingerprint density at radius 2 is 2.50 bits per heavy atom. The zero-order valence-electron chi connectivity index (χ0n) is 9.29. The van der Waals surface area contributed by atoms with Gasteiger partial charge >= 0.3 is 5.69 Å². The van der Waals surface area contributed by atoms with Crippen LogP contribution in [0.15, 0.2) is 15.8 Å². The van der Waals surface area contributed by atoms with Crippen molar-refractivity contribution in [1.82, 2.24) is 9.95 Å². The Labute approximate surface area is 62.7 Å². The van der Waals surface area contributed by atoms with Gasteiger partial charge in [-0.1, -0.05) is 6.92 Å². The Bertz CT molecular complexity index is 470. The van der Waals surface area contributed by atoms with Gasteiger partial charge in [-0.2, -0.15) is 0 Å². The number of H-pyrrole nitrogens is 2. The fraction of sp³-hybridized carbons (Fsp3) is 0.333. The molecule has 10 heavy (non-hydrogen) atoms. The van der Waals surface area contributed by atoms with Gasteiger partial charge in [0, 0.05) is 14.5 Å². The van der Waals surface area contributed by atoms with Crippen LogP contribution in [0.4, 0.5) is 0 Å². The maximum atomic E-state index is 11.2. The van der Waals surface area contributed by atoms with Crippen molar-refractivity contribution in [2.75, 3.05) is 0 Å². The first-order valence-corrected chi connectivity index (χ1v) is 2.63. The molecule has 1 aromatic rings. The molecule has 4 nitrogen and oxygen atoms in total. The minimum Gasteiger partial charge on any atom is -0.314 e. The monoisotopic (exact) mass is 144 g/mol. The van der Waals surface area contributed by atoms with Crippen molar-refractivity contribution in [2.24, 2.45) is 0 Å². The van der Waals surface area contributed by atoms with Gasteiger partial charge in [0.1, 0.15) is 0 Å². The van der Waals surface area contributed by atoms with Crippen LogP contribution >= 0.6 is 0 Å². The van der Waals surface area contributed by atoms with Gasteiger partial charge in [-0.3, -0.25) is 9.77 Å². The predicted molar refractivity (Wildman–Crippen MR) is 37.1 cm³/mol. The Morgan fingerprint density at radius 3 is 3.10 bits per heavy atom. The first-order chi connectivity index (χ1) is 6.25. The van der Waals surface area contributed by atoms with Gasteiger partial charge in [-0.25, -0.2) is 4.79 Å². The smallest absolute Gasteiger partial charge is 0.314 e. The van der Waals surface area contributed by atoms with E-state index in [9.17, 15) is 9.59 Å². The van der Waals surface area contributed by atoms with Crippen LogP contribution in [-0.4, -0.2) is 9.95 Å². The van der Waals surface area contributed by atoms with Gasteiger partial charge in [0.25, 0.3) is 5.56 Å². The molecule has 54 valence electrons. The summed E-state index contributed by atoms with van der Waals surface area (Å²) in [4.78, 5) is 22.3. The van der Waals surface area contributed by atoms with Crippen LogP contribution in [0.2, 0.25) is 2.82 Å². The van der Waals surface area contributed by atoms with Crippen LogP contribution in [0.1, 0.15) is 15.2 Å². The molecule has 0 spiro atoms. The van der Waals surface area contributed by atoms with Crippen LogP contribution in [0, 0.1) is 0 Å². The summed E-state index contributed by atoms with van der Waals surface area (Å²) in [6.45, 7) is 1.12. The highest BCUT2D eigenvalue weighted by molar-refractivity contribution is 5.01. The summed E-state index contributed by atoms with van der Waals surface area (Å²) in [5.41, 5.74) is -2.55. The van der Waals surface area contributed by atoms with Gasteiger partial charge in [0.15, 0.2) is 2.82 Å². The Balaban J connectivity index is 3.67. The number of hydrogen-bond acceptors (Lipinski definition) is 2. The second-order valence-electron chi connectivity index (χ2n) is 1.62. The van der Waals surface area contributed by atoms with Crippen molar-refractivity contribution in [3.63, 3.8) is 0 Å². The summed E-state index contributed by atoms with van der Waals surface area (Å²) in [5, 5.41) is 0. The Kier molecular flexibility index (Phi) is 0.800. The van der Waals surface area contributed by atoms with E-state index in [0.29, 0.717) is 0 Å². The Morgan fingerprint density at radius 1 is 1.80 bits per heavy atom. The third-order valence-corrected chi connectivity index (χ3v) is 1.00. The van der Waals surface area contributed by atoms with E-state index in [-0.39, 0.29) is 15.5 Å². The summed E-state index contributed by atoms with van der Waals surface area (Å²) >= 11 is 0. The van der Waals surface area contributed by atoms with Crippen LogP contribution in [0.3, 0.4) is 0 Å². The molecule has 0 radical (unpaired) electrons. The maximum absolute atomic E-state index is 11.2. The standard InChI is InChI=1S/C6H8N2O2/c1-2-4-3-7-6(10)8-5(4)9/h3H,2H2,1H3,(H2,7,8,9,10)/i2D2/hD2. The molecule has 1 rings (SSSR count). The van der Waals surface area contributed by atoms with E-state index in [1.165, 1.54) is 0 Å². The number of aryl methyl sites for hydroxylation is 1. The fourth-order valence-corrected chi connectivity index (χ4v) is 0.522. The molecule has 0 aliphatic heterocycles. The maximum Gasteiger partial charge on any atom is 0.325 e. The van der Waals surface area contributed by atoms with Gasteiger partial charge in [-0.05, 0) is 6.37 Å². The van der Waals surface area contributed by atoms with Crippen LogP contribution in [0.5, 0.6) is 0 Å². The van der Waals surface area contributed by atoms with Crippen molar-refractivity contribution < 1.29 is 5.57 Å². The zero-order valence-corrected chi connectivity index (χ0v) is 5.29. The van der Waals surface area contributed by atoms with E-state index < -0.39 is 17.6 Å². The normalized spacial score (nSPS) is 16.9. The first kappa shape index (κ1) is 3.18. The minimum atomic E-state index is -1.98. The number of aromatic amines is 2. The molecule has 0 bridgehead atoms. The largest absolute Gasteiger partial charge is 0.325 e. The average Bonchev–Trinajstić information content (AvgIpc) is 2.06. The summed E-state index contributed by atoms with van der Waals surface area (Å²) in [5.74, 6) is 0. The molecule has 1 aromatic heterocycles. The number of rotatable bonds is 1. The molecule has 0 atom stereocenters. The number of aromatic nitrogens is 2. The van der Waals surface area contributed by atoms with Gasteiger partial charge in [0.2, 0.25) is 0 Å². The molecule has 0 saturated carbocycles. The van der Waals surface area contributed by atoms with E-state index >= 15 is 0 Å². The molecule has 0 unspecified atom stereocenters. The molecule has 0 saturated heterocycles. The summed E-state index contributed by atoms with van der Waals surface area (Å²) in [6.07, 6.45) is -1.19. The Hall–Kier alpha value is -1.32. The lowest BCUT2D eigenvalue weighted by molar-refractivity contribution is 0.960.